The van der Waals surface area contributed by atoms with Gasteiger partial charge in [-0.1, -0.05) is 18.9 Å². The maximum Gasteiger partial charge on any atom is 0.124 e. The third-order valence-corrected chi connectivity index (χ3v) is 4.77. The maximum absolute atomic E-state index is 10.0. The molecule has 4 N–H and O–H groups in total. The van der Waals surface area contributed by atoms with Crippen LogP contribution in [0.3, 0.4) is 0 Å². The van der Waals surface area contributed by atoms with Crippen LogP contribution in [0.4, 0.5) is 0 Å². The van der Waals surface area contributed by atoms with Crippen LogP contribution < -0.4 is 5.73 Å². The lowest BCUT2D eigenvalue weighted by Gasteiger charge is -2.40. The van der Waals surface area contributed by atoms with E-state index in [9.17, 15) is 10.2 Å². The molecule has 0 bridgehead atoms. The smallest absolute Gasteiger partial charge is 0.124 e. The summed E-state index contributed by atoms with van der Waals surface area (Å²) in [4.78, 5) is 2.32. The normalized spacial score (nSPS) is 24.8. The molecule has 1 fully saturated rings. The second-order valence-corrected chi connectivity index (χ2v) is 5.93. The van der Waals surface area contributed by atoms with Crippen molar-refractivity contribution >= 4 is 0 Å². The quantitative estimate of drug-likeness (QED) is 0.792. The van der Waals surface area contributed by atoms with Gasteiger partial charge in [-0.25, -0.2) is 0 Å². The van der Waals surface area contributed by atoms with E-state index >= 15 is 0 Å². The minimum absolute atomic E-state index is 0.0959. The third kappa shape index (κ3) is 3.07. The van der Waals surface area contributed by atoms with E-state index in [4.69, 9.17) is 5.73 Å². The number of hydrogen-bond acceptors (Lipinski definition) is 4. The summed E-state index contributed by atoms with van der Waals surface area (Å²) in [5.41, 5.74) is 6.76. The molecule has 0 radical (unpaired) electrons. The number of phenols is 2. The number of rotatable bonds is 4. The van der Waals surface area contributed by atoms with Gasteiger partial charge in [-0.05, 0) is 45.3 Å². The molecule has 112 valence electrons. The lowest BCUT2D eigenvalue weighted by molar-refractivity contribution is 0.0978. The lowest BCUT2D eigenvalue weighted by Crippen LogP contribution is -2.44. The number of benzene rings is 1. The summed E-state index contributed by atoms with van der Waals surface area (Å²) in [6.45, 7) is 2.82. The van der Waals surface area contributed by atoms with Crippen LogP contribution in [0.25, 0.3) is 0 Å². The highest BCUT2D eigenvalue weighted by Gasteiger charge is 2.30. The summed E-state index contributed by atoms with van der Waals surface area (Å²) >= 11 is 0. The molecule has 1 saturated carbocycles. The van der Waals surface area contributed by atoms with Crippen molar-refractivity contribution in [2.75, 3.05) is 13.6 Å². The van der Waals surface area contributed by atoms with Crippen LogP contribution in [0.2, 0.25) is 0 Å². The summed E-state index contributed by atoms with van der Waals surface area (Å²) < 4.78 is 0. The highest BCUT2D eigenvalue weighted by atomic mass is 16.3. The molecule has 1 aromatic rings. The number of phenolic OH excluding ortho intramolecular Hbond substituents is 2. The Morgan fingerprint density at radius 2 is 2.00 bits per heavy atom. The number of nitrogens with zero attached hydrogens (tertiary/aromatic N) is 1. The Hall–Kier alpha value is -1.26. The Morgan fingerprint density at radius 3 is 2.65 bits per heavy atom. The van der Waals surface area contributed by atoms with Gasteiger partial charge < -0.3 is 15.9 Å². The average molecular weight is 278 g/mol. The molecule has 0 spiro atoms. The number of nitrogens with two attached hydrogens (primary N) is 1. The van der Waals surface area contributed by atoms with Gasteiger partial charge in [0.05, 0.1) is 0 Å². The van der Waals surface area contributed by atoms with E-state index in [1.807, 2.05) is 0 Å². The Bertz CT molecular complexity index is 450. The molecule has 3 unspecified atom stereocenters. The molecule has 1 aliphatic carbocycles. The van der Waals surface area contributed by atoms with Gasteiger partial charge in [0.2, 0.25) is 0 Å². The summed E-state index contributed by atoms with van der Waals surface area (Å²) in [5, 5.41) is 19.4. The Kier molecular flexibility index (Phi) is 4.89. The first-order valence-electron chi connectivity index (χ1n) is 7.48. The van der Waals surface area contributed by atoms with Crippen LogP contribution in [0.15, 0.2) is 18.2 Å². The van der Waals surface area contributed by atoms with Crippen LogP contribution in [-0.4, -0.2) is 34.7 Å². The summed E-state index contributed by atoms with van der Waals surface area (Å²) in [5.74, 6) is 0.790. The van der Waals surface area contributed by atoms with Crippen LogP contribution in [0, 0.1) is 5.92 Å². The van der Waals surface area contributed by atoms with E-state index in [2.05, 4.69) is 18.9 Å². The topological polar surface area (TPSA) is 69.7 Å². The molecule has 4 nitrogen and oxygen atoms in total. The van der Waals surface area contributed by atoms with Gasteiger partial charge in [-0.2, -0.15) is 0 Å². The predicted molar refractivity (Wildman–Crippen MR) is 80.8 cm³/mol. The molecule has 1 aromatic carbocycles. The van der Waals surface area contributed by atoms with Gasteiger partial charge in [0.15, 0.2) is 0 Å². The first kappa shape index (κ1) is 15.1. The molecule has 0 heterocycles. The van der Waals surface area contributed by atoms with Crippen molar-refractivity contribution in [1.29, 1.82) is 0 Å². The molecule has 0 aromatic heterocycles. The second kappa shape index (κ2) is 6.46. The van der Waals surface area contributed by atoms with Crippen molar-refractivity contribution in [2.45, 2.75) is 44.7 Å². The van der Waals surface area contributed by atoms with Gasteiger partial charge in [0, 0.05) is 23.7 Å². The van der Waals surface area contributed by atoms with Crippen LogP contribution >= 0.6 is 0 Å². The first-order chi connectivity index (χ1) is 9.54. The molecular formula is C16H26N2O2. The zero-order valence-electron chi connectivity index (χ0n) is 12.4. The van der Waals surface area contributed by atoms with Crippen molar-refractivity contribution in [3.8, 4) is 11.5 Å². The fourth-order valence-electron chi connectivity index (χ4n) is 3.39. The zero-order chi connectivity index (χ0) is 14.7. The van der Waals surface area contributed by atoms with E-state index in [1.165, 1.54) is 31.7 Å². The molecule has 0 amide bonds. The van der Waals surface area contributed by atoms with E-state index in [1.54, 1.807) is 12.1 Å². The van der Waals surface area contributed by atoms with Gasteiger partial charge in [0.1, 0.15) is 11.5 Å². The predicted octanol–water partition coefficient (Wildman–Crippen LogP) is 2.61. The molecule has 3 atom stereocenters. The average Bonchev–Trinajstić information content (AvgIpc) is 2.45. The lowest BCUT2D eigenvalue weighted by atomic mass is 9.83. The summed E-state index contributed by atoms with van der Waals surface area (Å²) in [6.07, 6.45) is 4.88. The summed E-state index contributed by atoms with van der Waals surface area (Å²) in [6, 6.07) is 5.40. The number of hydrogen-bond donors (Lipinski definition) is 3. The van der Waals surface area contributed by atoms with Crippen molar-refractivity contribution in [1.82, 2.24) is 4.90 Å². The highest BCUT2D eigenvalue weighted by Crippen LogP contribution is 2.35. The molecule has 0 saturated heterocycles. The van der Waals surface area contributed by atoms with E-state index < -0.39 is 0 Å². The monoisotopic (exact) mass is 278 g/mol. The maximum atomic E-state index is 10.0. The van der Waals surface area contributed by atoms with Gasteiger partial charge in [-0.3, -0.25) is 4.90 Å². The second-order valence-electron chi connectivity index (χ2n) is 5.93. The third-order valence-electron chi connectivity index (χ3n) is 4.77. The molecule has 0 aliphatic heterocycles. The summed E-state index contributed by atoms with van der Waals surface area (Å²) in [7, 11) is 2.11. The van der Waals surface area contributed by atoms with Crippen LogP contribution in [0.1, 0.15) is 44.2 Å². The molecule has 2 rings (SSSR count). The fraction of sp³-hybridized carbons (Fsp3) is 0.625. The van der Waals surface area contributed by atoms with Crippen molar-refractivity contribution in [3.63, 3.8) is 0 Å². The Labute approximate surface area is 121 Å². The van der Waals surface area contributed by atoms with Gasteiger partial charge in [0.25, 0.3) is 0 Å². The van der Waals surface area contributed by atoms with Crippen molar-refractivity contribution in [3.05, 3.63) is 23.8 Å². The SMILES string of the molecule is CC(c1ccc(O)cc1O)N(C)C1CCCCC1CN. The molecule has 1 aliphatic rings. The first-order valence-corrected chi connectivity index (χ1v) is 7.48. The Balaban J connectivity index is 2.16. The standard InChI is InChI=1S/C16H26N2O2/c1-11(14-8-7-13(19)9-16(14)20)18(2)15-6-4-3-5-12(15)10-17/h7-9,11-12,15,19-20H,3-6,10,17H2,1-2H3. The minimum atomic E-state index is 0.0959. The molecule has 20 heavy (non-hydrogen) atoms. The zero-order valence-corrected chi connectivity index (χ0v) is 12.4. The van der Waals surface area contributed by atoms with E-state index in [-0.39, 0.29) is 17.5 Å². The Morgan fingerprint density at radius 1 is 1.30 bits per heavy atom. The fourth-order valence-corrected chi connectivity index (χ4v) is 3.39. The highest BCUT2D eigenvalue weighted by molar-refractivity contribution is 5.40. The van der Waals surface area contributed by atoms with Crippen LogP contribution in [0.5, 0.6) is 11.5 Å². The van der Waals surface area contributed by atoms with E-state index in [0.717, 1.165) is 12.1 Å². The molecular weight excluding hydrogens is 252 g/mol. The van der Waals surface area contributed by atoms with Crippen molar-refractivity contribution < 1.29 is 10.2 Å². The van der Waals surface area contributed by atoms with E-state index in [0.29, 0.717) is 12.0 Å². The number of aromatic hydroxyl groups is 2. The molecule has 4 heteroatoms. The van der Waals surface area contributed by atoms with Crippen LogP contribution in [-0.2, 0) is 0 Å². The minimum Gasteiger partial charge on any atom is -0.508 e. The van der Waals surface area contributed by atoms with Crippen molar-refractivity contribution in [2.24, 2.45) is 11.7 Å². The van der Waals surface area contributed by atoms with Gasteiger partial charge >= 0.3 is 0 Å². The largest absolute Gasteiger partial charge is 0.508 e. The van der Waals surface area contributed by atoms with Gasteiger partial charge in [-0.15, -0.1) is 0 Å².